The van der Waals surface area contributed by atoms with Crippen LogP contribution in [0.3, 0.4) is 0 Å². The van der Waals surface area contributed by atoms with Gasteiger partial charge in [0.2, 0.25) is 0 Å². The van der Waals surface area contributed by atoms with Crippen molar-refractivity contribution >= 4 is 18.1 Å². The van der Waals surface area contributed by atoms with Crippen LogP contribution in [-0.2, 0) is 6.18 Å². The van der Waals surface area contributed by atoms with Crippen molar-refractivity contribution in [2.45, 2.75) is 6.18 Å². The summed E-state index contributed by atoms with van der Waals surface area (Å²) in [6.07, 6.45) is -4.33. The number of hydrogen-bond acceptors (Lipinski definition) is 2. The molecule has 1 aromatic carbocycles. The number of benzene rings is 1. The van der Waals surface area contributed by atoms with Crippen molar-refractivity contribution < 1.29 is 13.2 Å². The lowest BCUT2D eigenvalue weighted by atomic mass is 10.1. The summed E-state index contributed by atoms with van der Waals surface area (Å²) < 4.78 is 36.8. The molecule has 0 unspecified atom stereocenters. The Morgan fingerprint density at radius 3 is 2.43 bits per heavy atom. The van der Waals surface area contributed by atoms with Crippen molar-refractivity contribution in [3.05, 3.63) is 23.8 Å². The van der Waals surface area contributed by atoms with Crippen molar-refractivity contribution in [1.82, 2.24) is 0 Å². The summed E-state index contributed by atoms with van der Waals surface area (Å²) >= 11 is 0. The zero-order valence-electron chi connectivity index (χ0n) is 7.52. The van der Waals surface area contributed by atoms with Gasteiger partial charge < -0.3 is 5.32 Å². The van der Waals surface area contributed by atoms with Crippen LogP contribution in [0.2, 0.25) is 0 Å². The van der Waals surface area contributed by atoms with Gasteiger partial charge in [0, 0.05) is 7.05 Å². The van der Waals surface area contributed by atoms with Crippen LogP contribution in [0.5, 0.6) is 0 Å². The summed E-state index contributed by atoms with van der Waals surface area (Å²) in [5, 5.41) is 2.63. The molecule has 5 heteroatoms. The van der Waals surface area contributed by atoms with Gasteiger partial charge in [-0.3, -0.25) is 4.99 Å². The van der Waals surface area contributed by atoms with Crippen LogP contribution < -0.4 is 5.32 Å². The average molecular weight is 202 g/mol. The number of anilines is 1. The Kier molecular flexibility index (Phi) is 2.78. The van der Waals surface area contributed by atoms with Crippen LogP contribution in [-0.4, -0.2) is 13.8 Å². The molecule has 0 saturated heterocycles. The molecule has 0 bridgehead atoms. The topological polar surface area (TPSA) is 24.4 Å². The molecule has 1 aromatic rings. The maximum atomic E-state index is 12.3. The van der Waals surface area contributed by atoms with Crippen molar-refractivity contribution in [3.8, 4) is 0 Å². The van der Waals surface area contributed by atoms with Crippen molar-refractivity contribution in [3.63, 3.8) is 0 Å². The first-order chi connectivity index (χ1) is 6.49. The standard InChI is InChI=1S/C9H9F3N2/c1-13-7-4-3-6(9(10,11)12)5-8(7)14-2/h3-5,14H,1H2,2H3. The lowest BCUT2D eigenvalue weighted by Crippen LogP contribution is -2.05. The van der Waals surface area contributed by atoms with Crippen LogP contribution in [0.15, 0.2) is 23.2 Å². The zero-order valence-corrected chi connectivity index (χ0v) is 7.52. The Morgan fingerprint density at radius 2 is 2.00 bits per heavy atom. The SMILES string of the molecule is C=Nc1ccc(C(F)(F)F)cc1NC. The van der Waals surface area contributed by atoms with E-state index in [4.69, 9.17) is 0 Å². The number of halogens is 3. The van der Waals surface area contributed by atoms with E-state index >= 15 is 0 Å². The molecule has 76 valence electrons. The van der Waals surface area contributed by atoms with E-state index in [1.165, 1.54) is 13.1 Å². The Hall–Kier alpha value is -1.52. The summed E-state index contributed by atoms with van der Waals surface area (Å²) in [4.78, 5) is 3.58. The van der Waals surface area contributed by atoms with E-state index < -0.39 is 11.7 Å². The summed E-state index contributed by atoms with van der Waals surface area (Å²) in [7, 11) is 1.53. The normalized spacial score (nSPS) is 11.1. The maximum absolute atomic E-state index is 12.3. The molecule has 0 aliphatic carbocycles. The molecule has 2 nitrogen and oxygen atoms in total. The van der Waals surface area contributed by atoms with Gasteiger partial charge in [-0.05, 0) is 24.9 Å². The third kappa shape index (κ3) is 2.04. The monoisotopic (exact) mass is 202 g/mol. The first kappa shape index (κ1) is 10.6. The van der Waals surface area contributed by atoms with Gasteiger partial charge >= 0.3 is 6.18 Å². The molecule has 0 aliphatic rings. The Bertz CT molecular complexity index is 344. The summed E-state index contributed by atoms with van der Waals surface area (Å²) in [6.45, 7) is 3.26. The number of rotatable bonds is 2. The number of nitrogens with one attached hydrogen (secondary N) is 1. The predicted molar refractivity (Wildman–Crippen MR) is 50.2 cm³/mol. The Morgan fingerprint density at radius 1 is 1.36 bits per heavy atom. The second-order valence-corrected chi connectivity index (χ2v) is 2.64. The van der Waals surface area contributed by atoms with E-state index in [9.17, 15) is 13.2 Å². The maximum Gasteiger partial charge on any atom is 0.416 e. The number of aliphatic imine (C=N–C) groups is 1. The molecule has 0 atom stereocenters. The summed E-state index contributed by atoms with van der Waals surface area (Å²) in [5.74, 6) is 0. The molecule has 1 N–H and O–H groups in total. The smallest absolute Gasteiger partial charge is 0.386 e. The van der Waals surface area contributed by atoms with Crippen LogP contribution in [0, 0.1) is 0 Å². The van der Waals surface area contributed by atoms with Gasteiger partial charge in [0.05, 0.1) is 16.9 Å². The summed E-state index contributed by atoms with van der Waals surface area (Å²) in [5.41, 5.74) is 0.0181. The van der Waals surface area contributed by atoms with Crippen molar-refractivity contribution in [2.24, 2.45) is 4.99 Å². The highest BCUT2D eigenvalue weighted by Gasteiger charge is 2.30. The van der Waals surface area contributed by atoms with Crippen LogP contribution in [0.4, 0.5) is 24.5 Å². The largest absolute Gasteiger partial charge is 0.416 e. The Balaban J connectivity index is 3.21. The lowest BCUT2D eigenvalue weighted by Gasteiger charge is -2.10. The molecule has 14 heavy (non-hydrogen) atoms. The second-order valence-electron chi connectivity index (χ2n) is 2.64. The third-order valence-corrected chi connectivity index (χ3v) is 1.76. The quantitative estimate of drug-likeness (QED) is 0.732. The van der Waals surface area contributed by atoms with E-state index in [-0.39, 0.29) is 0 Å². The van der Waals surface area contributed by atoms with Gasteiger partial charge in [-0.2, -0.15) is 13.2 Å². The van der Waals surface area contributed by atoms with E-state index in [2.05, 4.69) is 17.0 Å². The zero-order chi connectivity index (χ0) is 10.8. The van der Waals surface area contributed by atoms with Gasteiger partial charge in [0.25, 0.3) is 0 Å². The molecule has 0 aromatic heterocycles. The second kappa shape index (κ2) is 3.69. The molecule has 0 radical (unpaired) electrons. The fraction of sp³-hybridized carbons (Fsp3) is 0.222. The van der Waals surface area contributed by atoms with Gasteiger partial charge in [0.15, 0.2) is 0 Å². The molecular weight excluding hydrogens is 193 g/mol. The van der Waals surface area contributed by atoms with Crippen LogP contribution >= 0.6 is 0 Å². The highest BCUT2D eigenvalue weighted by Crippen LogP contribution is 2.34. The van der Waals surface area contributed by atoms with Gasteiger partial charge in [0.1, 0.15) is 0 Å². The number of alkyl halides is 3. The molecule has 0 saturated carbocycles. The third-order valence-electron chi connectivity index (χ3n) is 1.76. The summed E-state index contributed by atoms with van der Waals surface area (Å²) in [6, 6.07) is 3.26. The molecule has 0 fully saturated rings. The molecular formula is C9H9F3N2. The molecule has 0 spiro atoms. The predicted octanol–water partition coefficient (Wildman–Crippen LogP) is 3.08. The van der Waals surface area contributed by atoms with E-state index in [0.29, 0.717) is 11.4 Å². The van der Waals surface area contributed by atoms with E-state index in [1.807, 2.05) is 0 Å². The minimum absolute atomic E-state index is 0.315. The molecule has 1 rings (SSSR count). The lowest BCUT2D eigenvalue weighted by molar-refractivity contribution is -0.137. The fourth-order valence-corrected chi connectivity index (χ4v) is 1.05. The van der Waals surface area contributed by atoms with Gasteiger partial charge in [-0.25, -0.2) is 0 Å². The first-order valence-electron chi connectivity index (χ1n) is 3.84. The number of hydrogen-bond donors (Lipinski definition) is 1. The average Bonchev–Trinajstić information content (AvgIpc) is 2.15. The van der Waals surface area contributed by atoms with Crippen LogP contribution in [0.25, 0.3) is 0 Å². The highest BCUT2D eigenvalue weighted by atomic mass is 19.4. The van der Waals surface area contributed by atoms with E-state index in [0.717, 1.165) is 12.1 Å². The van der Waals surface area contributed by atoms with Gasteiger partial charge in [-0.15, -0.1) is 0 Å². The number of nitrogens with zero attached hydrogens (tertiary/aromatic N) is 1. The molecule has 0 amide bonds. The van der Waals surface area contributed by atoms with Crippen molar-refractivity contribution in [1.29, 1.82) is 0 Å². The van der Waals surface area contributed by atoms with E-state index in [1.54, 1.807) is 0 Å². The minimum atomic E-state index is -4.33. The Labute approximate surface area is 79.5 Å². The first-order valence-corrected chi connectivity index (χ1v) is 3.84. The fourth-order valence-electron chi connectivity index (χ4n) is 1.05. The molecule has 0 aliphatic heterocycles. The highest BCUT2D eigenvalue weighted by molar-refractivity contribution is 5.68. The molecule has 0 heterocycles. The van der Waals surface area contributed by atoms with Gasteiger partial charge in [-0.1, -0.05) is 0 Å². The van der Waals surface area contributed by atoms with Crippen LogP contribution in [0.1, 0.15) is 5.56 Å². The minimum Gasteiger partial charge on any atom is -0.386 e. The van der Waals surface area contributed by atoms with Crippen molar-refractivity contribution in [2.75, 3.05) is 12.4 Å².